The van der Waals surface area contributed by atoms with Crippen LogP contribution in [0.4, 0.5) is 5.69 Å². The minimum atomic E-state index is -0.133. The molecule has 4 rings (SSSR count). The topological polar surface area (TPSA) is 58.2 Å². The second-order valence-electron chi connectivity index (χ2n) is 6.98. The van der Waals surface area contributed by atoms with Crippen LogP contribution in [0.25, 0.3) is 0 Å². The molecule has 0 radical (unpaired) electrons. The highest BCUT2D eigenvalue weighted by atomic mass is 32.2. The quantitative estimate of drug-likeness (QED) is 0.827. The van der Waals surface area contributed by atoms with Crippen LogP contribution >= 0.6 is 11.8 Å². The van der Waals surface area contributed by atoms with Gasteiger partial charge in [0, 0.05) is 21.9 Å². The zero-order chi connectivity index (χ0) is 17.9. The van der Waals surface area contributed by atoms with Gasteiger partial charge in [0.05, 0.1) is 11.3 Å². The number of hydrogen-bond donors (Lipinski definition) is 2. The molecule has 1 heterocycles. The number of rotatable bonds is 3. The molecule has 1 aliphatic heterocycles. The third kappa shape index (κ3) is 3.63. The van der Waals surface area contributed by atoms with Gasteiger partial charge in [0.25, 0.3) is 11.8 Å². The van der Waals surface area contributed by atoms with Gasteiger partial charge >= 0.3 is 0 Å². The first-order chi connectivity index (χ1) is 12.7. The number of benzene rings is 2. The minimum Gasteiger partial charge on any atom is -0.352 e. The van der Waals surface area contributed by atoms with Crippen molar-refractivity contribution in [1.29, 1.82) is 0 Å². The Morgan fingerprint density at radius 3 is 2.73 bits per heavy atom. The number of nitrogens with one attached hydrogen (secondary N) is 2. The third-order valence-corrected chi connectivity index (χ3v) is 6.27. The summed E-state index contributed by atoms with van der Waals surface area (Å²) in [5.41, 5.74) is 1.95. The molecule has 2 amide bonds. The van der Waals surface area contributed by atoms with Crippen molar-refractivity contribution in [1.82, 2.24) is 5.32 Å². The van der Waals surface area contributed by atoms with E-state index in [9.17, 15) is 9.59 Å². The van der Waals surface area contributed by atoms with E-state index in [0.29, 0.717) is 22.7 Å². The van der Waals surface area contributed by atoms with E-state index in [-0.39, 0.29) is 11.8 Å². The molecule has 1 saturated carbocycles. The van der Waals surface area contributed by atoms with Gasteiger partial charge in [-0.3, -0.25) is 9.59 Å². The molecule has 26 heavy (non-hydrogen) atoms. The molecular formula is C21H22N2O2S. The standard InChI is InChI=1S/C21H22N2O2S/c24-20(22-13-14-6-2-1-3-7-14)15-10-11-19-17(12-15)23-21(25)16-8-4-5-9-18(16)26-19/h4-5,8-12,14H,1-3,6-7,13H2,(H,22,24)(H,23,25). The zero-order valence-electron chi connectivity index (χ0n) is 14.6. The van der Waals surface area contributed by atoms with Crippen LogP contribution in [0.3, 0.4) is 0 Å². The molecule has 2 aromatic rings. The van der Waals surface area contributed by atoms with Crippen molar-refractivity contribution < 1.29 is 9.59 Å². The predicted octanol–water partition coefficient (Wildman–Crippen LogP) is 4.71. The van der Waals surface area contributed by atoms with Crippen LogP contribution in [0.1, 0.15) is 52.8 Å². The molecule has 134 valence electrons. The van der Waals surface area contributed by atoms with Gasteiger partial charge in [0.2, 0.25) is 0 Å². The summed E-state index contributed by atoms with van der Waals surface area (Å²) in [4.78, 5) is 26.9. The van der Waals surface area contributed by atoms with Crippen LogP contribution in [-0.2, 0) is 0 Å². The van der Waals surface area contributed by atoms with Crippen molar-refractivity contribution in [2.45, 2.75) is 41.9 Å². The van der Waals surface area contributed by atoms with E-state index in [1.807, 2.05) is 36.4 Å². The second kappa shape index (κ2) is 7.54. The van der Waals surface area contributed by atoms with Gasteiger partial charge in [-0.25, -0.2) is 0 Å². The average molecular weight is 366 g/mol. The van der Waals surface area contributed by atoms with Gasteiger partial charge in [-0.2, -0.15) is 0 Å². The number of carbonyl (C=O) groups is 2. The number of fused-ring (bicyclic) bond motifs is 2. The molecule has 2 aromatic carbocycles. The van der Waals surface area contributed by atoms with Crippen LogP contribution in [0.2, 0.25) is 0 Å². The summed E-state index contributed by atoms with van der Waals surface area (Å²) in [5.74, 6) is 0.393. The highest BCUT2D eigenvalue weighted by Gasteiger charge is 2.21. The van der Waals surface area contributed by atoms with E-state index in [4.69, 9.17) is 0 Å². The number of anilines is 1. The number of amides is 2. The first-order valence-electron chi connectivity index (χ1n) is 9.21. The second-order valence-corrected chi connectivity index (χ2v) is 8.06. The first-order valence-corrected chi connectivity index (χ1v) is 10.0. The van der Waals surface area contributed by atoms with Crippen LogP contribution < -0.4 is 10.6 Å². The first kappa shape index (κ1) is 17.2. The van der Waals surface area contributed by atoms with E-state index < -0.39 is 0 Å². The van der Waals surface area contributed by atoms with E-state index in [1.165, 1.54) is 32.1 Å². The Hall–Kier alpha value is -2.27. The third-order valence-electron chi connectivity index (χ3n) is 5.12. The number of carbonyl (C=O) groups excluding carboxylic acids is 2. The molecule has 1 fully saturated rings. The summed E-state index contributed by atoms with van der Waals surface area (Å²) < 4.78 is 0. The SMILES string of the molecule is O=C(NCC1CCCCC1)c1ccc2c(c1)NC(=O)c1ccccc1S2. The lowest BCUT2D eigenvalue weighted by Crippen LogP contribution is -2.30. The highest BCUT2D eigenvalue weighted by Crippen LogP contribution is 2.39. The fourth-order valence-electron chi connectivity index (χ4n) is 3.64. The maximum absolute atomic E-state index is 12.5. The Kier molecular flexibility index (Phi) is 4.98. The van der Waals surface area contributed by atoms with E-state index in [0.717, 1.165) is 16.3 Å². The van der Waals surface area contributed by atoms with Crippen LogP contribution in [0.15, 0.2) is 52.3 Å². The monoisotopic (exact) mass is 366 g/mol. The molecule has 1 aliphatic carbocycles. The van der Waals surface area contributed by atoms with Gasteiger partial charge in [-0.15, -0.1) is 0 Å². The Bertz CT molecular complexity index is 844. The maximum atomic E-state index is 12.5. The van der Waals surface area contributed by atoms with Crippen molar-refractivity contribution >= 4 is 29.3 Å². The molecule has 4 nitrogen and oxygen atoms in total. The molecule has 0 atom stereocenters. The Balaban J connectivity index is 1.49. The van der Waals surface area contributed by atoms with Crippen LogP contribution in [0.5, 0.6) is 0 Å². The summed E-state index contributed by atoms with van der Waals surface area (Å²) in [7, 11) is 0. The fourth-order valence-corrected chi connectivity index (χ4v) is 4.65. The summed E-state index contributed by atoms with van der Waals surface area (Å²) in [6.07, 6.45) is 6.26. The van der Waals surface area contributed by atoms with Crippen LogP contribution in [0, 0.1) is 5.92 Å². The molecule has 0 bridgehead atoms. The van der Waals surface area contributed by atoms with Gasteiger partial charge < -0.3 is 10.6 Å². The summed E-state index contributed by atoms with van der Waals surface area (Å²) in [6, 6.07) is 13.1. The highest BCUT2D eigenvalue weighted by molar-refractivity contribution is 7.99. The van der Waals surface area contributed by atoms with Gasteiger partial charge in [0.15, 0.2) is 0 Å². The lowest BCUT2D eigenvalue weighted by atomic mass is 9.89. The van der Waals surface area contributed by atoms with Crippen molar-refractivity contribution in [3.63, 3.8) is 0 Å². The van der Waals surface area contributed by atoms with E-state index in [1.54, 1.807) is 17.8 Å². The van der Waals surface area contributed by atoms with Crippen molar-refractivity contribution in [3.05, 3.63) is 53.6 Å². The predicted molar refractivity (Wildman–Crippen MR) is 104 cm³/mol. The van der Waals surface area contributed by atoms with E-state index in [2.05, 4.69) is 10.6 Å². The molecular weight excluding hydrogens is 344 g/mol. The fraction of sp³-hybridized carbons (Fsp3) is 0.333. The molecule has 0 saturated heterocycles. The van der Waals surface area contributed by atoms with Gasteiger partial charge in [0.1, 0.15) is 0 Å². The molecule has 2 aliphatic rings. The van der Waals surface area contributed by atoms with Crippen molar-refractivity contribution in [3.8, 4) is 0 Å². The average Bonchev–Trinajstić information content (AvgIpc) is 2.82. The van der Waals surface area contributed by atoms with Crippen molar-refractivity contribution in [2.75, 3.05) is 11.9 Å². The normalized spacial score (nSPS) is 16.8. The van der Waals surface area contributed by atoms with E-state index >= 15 is 0 Å². The molecule has 2 N–H and O–H groups in total. The van der Waals surface area contributed by atoms with Gasteiger partial charge in [-0.05, 0) is 49.1 Å². The van der Waals surface area contributed by atoms with Gasteiger partial charge in [-0.1, -0.05) is 43.2 Å². The Morgan fingerprint density at radius 2 is 1.88 bits per heavy atom. The lowest BCUT2D eigenvalue weighted by Gasteiger charge is -2.21. The zero-order valence-corrected chi connectivity index (χ0v) is 15.4. The van der Waals surface area contributed by atoms with Crippen LogP contribution in [-0.4, -0.2) is 18.4 Å². The maximum Gasteiger partial charge on any atom is 0.256 e. The summed E-state index contributed by atoms with van der Waals surface area (Å²) in [5, 5.41) is 6.00. The molecule has 5 heteroatoms. The summed E-state index contributed by atoms with van der Waals surface area (Å²) >= 11 is 1.55. The summed E-state index contributed by atoms with van der Waals surface area (Å²) in [6.45, 7) is 0.739. The number of hydrogen-bond acceptors (Lipinski definition) is 3. The largest absolute Gasteiger partial charge is 0.352 e. The molecule has 0 unspecified atom stereocenters. The Morgan fingerprint density at radius 1 is 1.08 bits per heavy atom. The lowest BCUT2D eigenvalue weighted by molar-refractivity contribution is 0.0942. The molecule has 0 spiro atoms. The minimum absolute atomic E-state index is 0.0700. The smallest absolute Gasteiger partial charge is 0.256 e. The molecule has 0 aromatic heterocycles. The van der Waals surface area contributed by atoms with Crippen molar-refractivity contribution in [2.24, 2.45) is 5.92 Å². The Labute approximate surface area is 157 Å².